The van der Waals surface area contributed by atoms with Gasteiger partial charge in [0.2, 0.25) is 0 Å². The zero-order chi connectivity index (χ0) is 19.7. The van der Waals surface area contributed by atoms with Gasteiger partial charge >= 0.3 is 0 Å². The van der Waals surface area contributed by atoms with Gasteiger partial charge in [0.05, 0.1) is 17.1 Å². The molecule has 4 rings (SSSR count). The summed E-state index contributed by atoms with van der Waals surface area (Å²) in [5, 5.41) is 8.30. The Kier molecular flexibility index (Phi) is 4.84. The second-order valence-electron chi connectivity index (χ2n) is 7.05. The molecule has 0 fully saturated rings. The molecule has 0 amide bonds. The van der Waals surface area contributed by atoms with Gasteiger partial charge < -0.3 is 11.1 Å². The first kappa shape index (κ1) is 18.2. The van der Waals surface area contributed by atoms with Crippen molar-refractivity contribution >= 4 is 17.3 Å². The van der Waals surface area contributed by atoms with Crippen LogP contribution >= 0.6 is 0 Å². The Morgan fingerprint density at radius 1 is 1.21 bits per heavy atom. The van der Waals surface area contributed by atoms with Crippen LogP contribution in [0, 0.1) is 12.7 Å². The highest BCUT2D eigenvalue weighted by Gasteiger charge is 2.25. The number of nitrogens with one attached hydrogen (secondary N) is 1. The monoisotopic (exact) mass is 374 g/mol. The number of fused-ring (bicyclic) bond motifs is 1. The van der Waals surface area contributed by atoms with Gasteiger partial charge in [-0.2, -0.15) is 5.10 Å². The number of halogens is 1. The van der Waals surface area contributed by atoms with E-state index in [1.54, 1.807) is 12.1 Å². The summed E-state index contributed by atoms with van der Waals surface area (Å²) in [5.74, 6) is -0.242. The summed E-state index contributed by atoms with van der Waals surface area (Å²) in [6, 6.07) is 14.7. The van der Waals surface area contributed by atoms with Gasteiger partial charge in [-0.15, -0.1) is 0 Å². The van der Waals surface area contributed by atoms with Crippen LogP contribution in [0.2, 0.25) is 0 Å². The van der Waals surface area contributed by atoms with Crippen molar-refractivity contribution in [2.24, 2.45) is 5.73 Å². The molecule has 3 aromatic rings. The third-order valence-electron chi connectivity index (χ3n) is 5.01. The van der Waals surface area contributed by atoms with Crippen LogP contribution in [0.3, 0.4) is 0 Å². The molecule has 0 unspecified atom stereocenters. The fourth-order valence-corrected chi connectivity index (χ4v) is 3.65. The van der Waals surface area contributed by atoms with Crippen molar-refractivity contribution in [1.29, 1.82) is 0 Å². The Bertz CT molecular complexity index is 1060. The Hall–Kier alpha value is -3.18. The summed E-state index contributed by atoms with van der Waals surface area (Å²) in [6.45, 7) is 7.52. The second kappa shape index (κ2) is 7.44. The normalized spacial score (nSPS) is 15.3. The molecule has 2 aromatic carbocycles. The molecule has 0 saturated carbocycles. The zero-order valence-electron chi connectivity index (χ0n) is 15.9. The van der Waals surface area contributed by atoms with Gasteiger partial charge in [-0.3, -0.25) is 0 Å². The van der Waals surface area contributed by atoms with E-state index in [1.165, 1.54) is 12.1 Å². The third kappa shape index (κ3) is 3.37. The predicted octanol–water partition coefficient (Wildman–Crippen LogP) is 3.94. The first-order valence-corrected chi connectivity index (χ1v) is 9.34. The maximum atomic E-state index is 13.3. The molecular weight excluding hydrogens is 351 g/mol. The van der Waals surface area contributed by atoms with E-state index in [0.717, 1.165) is 52.3 Å². The molecule has 1 aliphatic heterocycles. The quantitative estimate of drug-likeness (QED) is 0.730. The molecule has 5 heteroatoms. The number of aryl methyl sites for hydroxylation is 1. The lowest BCUT2D eigenvalue weighted by molar-refractivity contribution is 0.628. The van der Waals surface area contributed by atoms with E-state index in [4.69, 9.17) is 10.8 Å². The van der Waals surface area contributed by atoms with E-state index in [2.05, 4.69) is 37.0 Å². The van der Waals surface area contributed by atoms with E-state index < -0.39 is 0 Å². The molecule has 4 nitrogen and oxygen atoms in total. The van der Waals surface area contributed by atoms with Crippen LogP contribution < -0.4 is 11.1 Å². The van der Waals surface area contributed by atoms with E-state index in [9.17, 15) is 4.39 Å². The Morgan fingerprint density at radius 3 is 2.68 bits per heavy atom. The molecule has 0 atom stereocenters. The summed E-state index contributed by atoms with van der Waals surface area (Å²) in [6.07, 6.45) is 2.89. The van der Waals surface area contributed by atoms with E-state index in [-0.39, 0.29) is 5.82 Å². The van der Waals surface area contributed by atoms with Crippen molar-refractivity contribution < 1.29 is 4.39 Å². The molecule has 28 heavy (non-hydrogen) atoms. The number of nitrogens with zero attached hydrogens (tertiary/aromatic N) is 2. The van der Waals surface area contributed by atoms with Crippen LogP contribution in [0.1, 0.15) is 28.1 Å². The van der Waals surface area contributed by atoms with Crippen molar-refractivity contribution in [3.05, 3.63) is 89.0 Å². The average molecular weight is 374 g/mol. The van der Waals surface area contributed by atoms with Crippen LogP contribution in [0.5, 0.6) is 0 Å². The fraction of sp³-hybridized carbons (Fsp3) is 0.174. The number of rotatable bonds is 3. The van der Waals surface area contributed by atoms with Crippen molar-refractivity contribution in [2.45, 2.75) is 13.3 Å². The lowest BCUT2D eigenvalue weighted by Crippen LogP contribution is -2.17. The molecule has 2 heterocycles. The summed E-state index contributed by atoms with van der Waals surface area (Å²) >= 11 is 0. The van der Waals surface area contributed by atoms with Gasteiger partial charge in [-0.1, -0.05) is 36.9 Å². The van der Waals surface area contributed by atoms with Gasteiger partial charge in [0, 0.05) is 12.1 Å². The van der Waals surface area contributed by atoms with Crippen LogP contribution in [-0.4, -0.2) is 22.9 Å². The van der Waals surface area contributed by atoms with Gasteiger partial charge in [0.25, 0.3) is 0 Å². The highest BCUT2D eigenvalue weighted by Crippen LogP contribution is 2.31. The maximum Gasteiger partial charge on any atom is 0.123 e. The van der Waals surface area contributed by atoms with Crippen LogP contribution in [0.4, 0.5) is 4.39 Å². The SMILES string of the molecule is C=C(N)c1nn(-c2ccccc2C)c2c1CCNC/C2=C\c1ccc(F)cc1. The number of aromatic nitrogens is 2. The van der Waals surface area contributed by atoms with Crippen molar-refractivity contribution in [1.82, 2.24) is 15.1 Å². The van der Waals surface area contributed by atoms with Crippen molar-refractivity contribution in [2.75, 3.05) is 13.1 Å². The highest BCUT2D eigenvalue weighted by molar-refractivity contribution is 5.85. The van der Waals surface area contributed by atoms with Crippen LogP contribution in [0.15, 0.2) is 55.1 Å². The Morgan fingerprint density at radius 2 is 1.96 bits per heavy atom. The maximum absolute atomic E-state index is 13.3. The number of nitrogens with two attached hydrogens (primary N) is 1. The highest BCUT2D eigenvalue weighted by atomic mass is 19.1. The molecule has 1 aromatic heterocycles. The van der Waals surface area contributed by atoms with Crippen LogP contribution in [0.25, 0.3) is 23.0 Å². The van der Waals surface area contributed by atoms with Gasteiger partial charge in [-0.25, -0.2) is 9.07 Å². The predicted molar refractivity (Wildman–Crippen MR) is 112 cm³/mol. The smallest absolute Gasteiger partial charge is 0.123 e. The molecule has 1 aliphatic rings. The molecule has 0 aliphatic carbocycles. The molecule has 142 valence electrons. The minimum Gasteiger partial charge on any atom is -0.397 e. The molecular formula is C23H23FN4. The molecule has 3 N–H and O–H groups in total. The topological polar surface area (TPSA) is 55.9 Å². The summed E-state index contributed by atoms with van der Waals surface area (Å²) in [7, 11) is 0. The van der Waals surface area contributed by atoms with Gasteiger partial charge in [-0.05, 0) is 60.9 Å². The first-order valence-electron chi connectivity index (χ1n) is 9.34. The molecule has 0 saturated heterocycles. The van der Waals surface area contributed by atoms with E-state index in [1.807, 2.05) is 16.8 Å². The number of para-hydroxylation sites is 1. The number of hydrogen-bond acceptors (Lipinski definition) is 3. The fourth-order valence-electron chi connectivity index (χ4n) is 3.65. The van der Waals surface area contributed by atoms with Crippen molar-refractivity contribution in [3.63, 3.8) is 0 Å². The molecule has 0 spiro atoms. The first-order chi connectivity index (χ1) is 13.5. The number of hydrogen-bond donors (Lipinski definition) is 2. The molecule has 0 radical (unpaired) electrons. The molecule has 0 bridgehead atoms. The summed E-state index contributed by atoms with van der Waals surface area (Å²) in [5.41, 5.74) is 13.6. The summed E-state index contributed by atoms with van der Waals surface area (Å²) in [4.78, 5) is 0. The van der Waals surface area contributed by atoms with Crippen LogP contribution in [-0.2, 0) is 6.42 Å². The minimum absolute atomic E-state index is 0.242. The number of benzene rings is 2. The largest absolute Gasteiger partial charge is 0.397 e. The minimum atomic E-state index is -0.242. The van der Waals surface area contributed by atoms with Crippen molar-refractivity contribution in [3.8, 4) is 5.69 Å². The average Bonchev–Trinajstić information content (AvgIpc) is 2.94. The Labute approximate surface area is 164 Å². The third-order valence-corrected chi connectivity index (χ3v) is 5.01. The Balaban J connectivity index is 1.96. The lowest BCUT2D eigenvalue weighted by Gasteiger charge is -2.13. The van der Waals surface area contributed by atoms with Gasteiger partial charge in [0.15, 0.2) is 0 Å². The zero-order valence-corrected chi connectivity index (χ0v) is 15.9. The standard InChI is InChI=1S/C23H23FN4/c1-15-5-3-4-6-21(15)28-23-18(13-17-7-9-19(24)10-8-17)14-26-12-11-20(23)22(27-28)16(2)25/h3-10,13,26H,2,11-12,14,25H2,1H3/b18-13+. The van der Waals surface area contributed by atoms with Gasteiger partial charge in [0.1, 0.15) is 11.5 Å². The van der Waals surface area contributed by atoms with E-state index in [0.29, 0.717) is 12.2 Å². The lowest BCUT2D eigenvalue weighted by atomic mass is 10.0. The second-order valence-corrected chi connectivity index (χ2v) is 7.05. The van der Waals surface area contributed by atoms with E-state index >= 15 is 0 Å². The summed E-state index contributed by atoms with van der Waals surface area (Å²) < 4.78 is 15.3.